The summed E-state index contributed by atoms with van der Waals surface area (Å²) in [6, 6.07) is 54.6. The molecule has 7 aromatic carbocycles. The lowest BCUT2D eigenvalue weighted by atomic mass is 9.81. The molecule has 1 heterocycles. The van der Waals surface area contributed by atoms with E-state index >= 15 is 0 Å². The third-order valence-corrected chi connectivity index (χ3v) is 9.65. The van der Waals surface area contributed by atoms with Gasteiger partial charge in [0, 0.05) is 32.8 Å². The molecule has 0 saturated carbocycles. The van der Waals surface area contributed by atoms with E-state index in [4.69, 9.17) is 4.42 Å². The van der Waals surface area contributed by atoms with Gasteiger partial charge in [0.2, 0.25) is 0 Å². The highest BCUT2D eigenvalue weighted by atomic mass is 16.3. The SMILES string of the molecule is CC1(C)c2ccccc2-c2c1cc1ccccc1c2N(c1ccc(-c2ccccc2)cc1)c1cccc2c1oc1ccccc12. The predicted octanol–water partition coefficient (Wildman–Crippen LogP) is 12.2. The van der Waals surface area contributed by atoms with E-state index in [9.17, 15) is 0 Å². The number of fused-ring (bicyclic) bond motifs is 7. The maximum Gasteiger partial charge on any atom is 0.159 e. The Balaban J connectivity index is 1.40. The van der Waals surface area contributed by atoms with Crippen molar-refractivity contribution >= 4 is 49.8 Å². The highest BCUT2D eigenvalue weighted by Gasteiger charge is 2.39. The van der Waals surface area contributed by atoms with Crippen LogP contribution in [-0.2, 0) is 5.41 Å². The Kier molecular flexibility index (Phi) is 5.58. The van der Waals surface area contributed by atoms with Crippen LogP contribution in [0.4, 0.5) is 17.1 Å². The normalized spacial score (nSPS) is 13.3. The molecule has 1 aromatic heterocycles. The van der Waals surface area contributed by atoms with Gasteiger partial charge in [0.1, 0.15) is 5.58 Å². The molecule has 0 unspecified atom stereocenters. The second-order valence-corrected chi connectivity index (χ2v) is 12.5. The van der Waals surface area contributed by atoms with E-state index in [1.165, 1.54) is 49.8 Å². The first-order valence-electron chi connectivity index (χ1n) is 15.6. The number of benzene rings is 7. The zero-order valence-electron chi connectivity index (χ0n) is 25.3. The molecule has 0 amide bonds. The van der Waals surface area contributed by atoms with Crippen LogP contribution in [-0.4, -0.2) is 0 Å². The van der Waals surface area contributed by atoms with Crippen molar-refractivity contribution in [3.8, 4) is 22.3 Å². The van der Waals surface area contributed by atoms with Gasteiger partial charge in [-0.1, -0.05) is 135 Å². The van der Waals surface area contributed by atoms with Gasteiger partial charge >= 0.3 is 0 Å². The van der Waals surface area contributed by atoms with Crippen molar-refractivity contribution in [2.24, 2.45) is 0 Å². The standard InChI is InChI=1S/C43H31NO/c1-43(2)36-20-10-8-18-35(36)40-37(43)27-30-15-6-7-16-32(30)41(40)44(31-25-23-29(24-26-31)28-13-4-3-5-14-28)38-21-12-19-34-33-17-9-11-22-39(33)45-42(34)38/h3-27H,1-2H3. The molecule has 0 atom stereocenters. The van der Waals surface area contributed by atoms with Crippen LogP contribution >= 0.6 is 0 Å². The molecular formula is C43H31NO. The van der Waals surface area contributed by atoms with Crippen LogP contribution in [0.25, 0.3) is 55.0 Å². The molecule has 0 bridgehead atoms. The molecule has 0 fully saturated rings. The molecule has 1 aliphatic carbocycles. The lowest BCUT2D eigenvalue weighted by Crippen LogP contribution is -2.16. The average Bonchev–Trinajstić information content (AvgIpc) is 3.58. The van der Waals surface area contributed by atoms with Gasteiger partial charge in [0.05, 0.1) is 11.4 Å². The quantitative estimate of drug-likeness (QED) is 0.207. The van der Waals surface area contributed by atoms with Gasteiger partial charge in [-0.2, -0.15) is 0 Å². The molecule has 2 nitrogen and oxygen atoms in total. The highest BCUT2D eigenvalue weighted by Crippen LogP contribution is 2.57. The summed E-state index contributed by atoms with van der Waals surface area (Å²) in [5.74, 6) is 0. The number of anilines is 3. The van der Waals surface area contributed by atoms with E-state index in [0.29, 0.717) is 0 Å². The predicted molar refractivity (Wildman–Crippen MR) is 189 cm³/mol. The third-order valence-electron chi connectivity index (χ3n) is 9.65. The molecule has 0 saturated heterocycles. The first-order chi connectivity index (χ1) is 22.1. The number of furan rings is 1. The minimum Gasteiger partial charge on any atom is -0.454 e. The Hall–Kier alpha value is -5.60. The van der Waals surface area contributed by atoms with Crippen LogP contribution in [0.2, 0.25) is 0 Å². The van der Waals surface area contributed by atoms with Gasteiger partial charge in [-0.25, -0.2) is 0 Å². The number of rotatable bonds is 4. The topological polar surface area (TPSA) is 16.4 Å². The first-order valence-corrected chi connectivity index (χ1v) is 15.6. The molecule has 0 radical (unpaired) electrons. The van der Waals surface area contributed by atoms with Crippen LogP contribution in [0, 0.1) is 0 Å². The van der Waals surface area contributed by atoms with Crippen LogP contribution < -0.4 is 4.90 Å². The van der Waals surface area contributed by atoms with E-state index in [0.717, 1.165) is 33.3 Å². The van der Waals surface area contributed by atoms with Crippen molar-refractivity contribution in [3.05, 3.63) is 163 Å². The van der Waals surface area contributed by atoms with Crippen molar-refractivity contribution < 1.29 is 4.42 Å². The Morgan fingerprint density at radius 3 is 2.04 bits per heavy atom. The fourth-order valence-electron chi connectivity index (χ4n) is 7.45. The summed E-state index contributed by atoms with van der Waals surface area (Å²) in [5.41, 5.74) is 12.6. The minimum atomic E-state index is -0.140. The van der Waals surface area contributed by atoms with Gasteiger partial charge in [-0.15, -0.1) is 0 Å². The van der Waals surface area contributed by atoms with E-state index in [1.54, 1.807) is 0 Å². The van der Waals surface area contributed by atoms with E-state index < -0.39 is 0 Å². The molecule has 0 spiro atoms. The van der Waals surface area contributed by atoms with Gasteiger partial charge in [0.25, 0.3) is 0 Å². The lowest BCUT2D eigenvalue weighted by Gasteiger charge is -2.30. The summed E-state index contributed by atoms with van der Waals surface area (Å²) in [4.78, 5) is 2.44. The van der Waals surface area contributed by atoms with Crippen LogP contribution in [0.3, 0.4) is 0 Å². The second-order valence-electron chi connectivity index (χ2n) is 12.5. The molecular weight excluding hydrogens is 546 g/mol. The third kappa shape index (κ3) is 3.82. The maximum atomic E-state index is 6.70. The van der Waals surface area contributed by atoms with Gasteiger partial charge < -0.3 is 9.32 Å². The molecule has 45 heavy (non-hydrogen) atoms. The zero-order valence-corrected chi connectivity index (χ0v) is 25.3. The van der Waals surface area contributed by atoms with Crippen LogP contribution in [0.15, 0.2) is 156 Å². The summed E-state index contributed by atoms with van der Waals surface area (Å²) < 4.78 is 6.70. The van der Waals surface area contributed by atoms with Gasteiger partial charge in [0.15, 0.2) is 5.58 Å². The molecule has 9 rings (SSSR count). The largest absolute Gasteiger partial charge is 0.454 e. The monoisotopic (exact) mass is 577 g/mol. The van der Waals surface area contributed by atoms with Crippen molar-refractivity contribution in [1.82, 2.24) is 0 Å². The highest BCUT2D eigenvalue weighted by molar-refractivity contribution is 6.14. The van der Waals surface area contributed by atoms with Gasteiger partial charge in [-0.05, 0) is 63.5 Å². The zero-order chi connectivity index (χ0) is 30.1. The molecule has 214 valence electrons. The fraction of sp³-hybridized carbons (Fsp3) is 0.0698. The van der Waals surface area contributed by atoms with E-state index in [-0.39, 0.29) is 5.41 Å². The van der Waals surface area contributed by atoms with Crippen molar-refractivity contribution in [3.63, 3.8) is 0 Å². The fourth-order valence-corrected chi connectivity index (χ4v) is 7.45. The number of hydrogen-bond acceptors (Lipinski definition) is 2. The van der Waals surface area contributed by atoms with Crippen molar-refractivity contribution in [1.29, 1.82) is 0 Å². The van der Waals surface area contributed by atoms with E-state index in [1.807, 2.05) is 6.07 Å². The number of hydrogen-bond donors (Lipinski definition) is 0. The summed E-state index contributed by atoms with van der Waals surface area (Å²) in [6.07, 6.45) is 0. The minimum absolute atomic E-state index is 0.140. The smallest absolute Gasteiger partial charge is 0.159 e. The van der Waals surface area contributed by atoms with Crippen LogP contribution in [0.5, 0.6) is 0 Å². The Morgan fingerprint density at radius 2 is 1.20 bits per heavy atom. The number of para-hydroxylation sites is 2. The molecule has 0 N–H and O–H groups in total. The molecule has 8 aromatic rings. The van der Waals surface area contributed by atoms with Gasteiger partial charge in [-0.3, -0.25) is 0 Å². The Morgan fingerprint density at radius 1 is 0.533 bits per heavy atom. The summed E-state index contributed by atoms with van der Waals surface area (Å²) in [7, 11) is 0. The number of nitrogens with zero attached hydrogens (tertiary/aromatic N) is 1. The Bertz CT molecular complexity index is 2400. The summed E-state index contributed by atoms with van der Waals surface area (Å²) in [6.45, 7) is 4.71. The molecule has 1 aliphatic rings. The second kappa shape index (κ2) is 9.70. The molecule has 2 heteroatoms. The van der Waals surface area contributed by atoms with Crippen LogP contribution in [0.1, 0.15) is 25.0 Å². The molecule has 0 aliphatic heterocycles. The summed E-state index contributed by atoms with van der Waals surface area (Å²) in [5, 5.41) is 4.69. The average molecular weight is 578 g/mol. The van der Waals surface area contributed by atoms with Crippen molar-refractivity contribution in [2.75, 3.05) is 4.90 Å². The summed E-state index contributed by atoms with van der Waals surface area (Å²) >= 11 is 0. The first kappa shape index (κ1) is 25.9. The van der Waals surface area contributed by atoms with E-state index in [2.05, 4.69) is 164 Å². The maximum absolute atomic E-state index is 6.70. The Labute approximate surface area is 262 Å². The van der Waals surface area contributed by atoms with Crippen molar-refractivity contribution in [2.45, 2.75) is 19.3 Å². The lowest BCUT2D eigenvalue weighted by molar-refractivity contribution is 0.661.